The maximum atomic E-state index is 14.3. The predicted molar refractivity (Wildman–Crippen MR) is 179 cm³/mol. The average molecular weight is 681 g/mol. The maximum absolute atomic E-state index is 14.3. The van der Waals surface area contributed by atoms with Gasteiger partial charge in [-0.1, -0.05) is 12.1 Å². The number of hydrogen-bond donors (Lipinski definition) is 4. The fourth-order valence-electron chi connectivity index (χ4n) is 5.24. The molecule has 2 saturated heterocycles. The fourth-order valence-corrected chi connectivity index (χ4v) is 5.24. The molecule has 0 spiro atoms. The highest BCUT2D eigenvalue weighted by atomic mass is 19.1. The van der Waals surface area contributed by atoms with E-state index in [0.717, 1.165) is 18.7 Å². The smallest absolute Gasteiger partial charge is 0.274 e. The first-order valence-electron chi connectivity index (χ1n) is 15.8. The van der Waals surface area contributed by atoms with E-state index in [2.05, 4.69) is 31.2 Å². The molecule has 2 atom stereocenters. The number of hydrogen-bond acceptors (Lipinski definition) is 10. The normalized spacial score (nSPS) is 16.9. The first kappa shape index (κ1) is 35.7. The van der Waals surface area contributed by atoms with Crippen LogP contribution in [0.4, 0.5) is 20.2 Å². The second kappa shape index (κ2) is 16.6. The Morgan fingerprint density at radius 2 is 1.34 bits per heavy atom. The molecule has 6 rings (SSSR count). The van der Waals surface area contributed by atoms with Gasteiger partial charge >= 0.3 is 0 Å². The van der Waals surface area contributed by atoms with Crippen molar-refractivity contribution in [2.24, 2.45) is 0 Å². The van der Waals surface area contributed by atoms with Crippen LogP contribution in [0.25, 0.3) is 0 Å². The number of nitrogens with zero attached hydrogens (tertiary/aromatic N) is 4. The van der Waals surface area contributed by atoms with Crippen molar-refractivity contribution in [1.82, 2.24) is 20.6 Å². The SMILES string of the molecule is Cc1nc(C(=O)Nc2ccc([C@H]3CNCCO3)c(F)c2)ccc1C#N.Cc1nc(C(=O)Nc2ccc([C@H]3CNCCO3)cc2F)ccc1C#N. The molecule has 4 aromatic rings. The lowest BCUT2D eigenvalue weighted by Crippen LogP contribution is -2.33. The lowest BCUT2D eigenvalue weighted by atomic mass is 10.1. The lowest BCUT2D eigenvalue weighted by Gasteiger charge is -2.24. The number of rotatable bonds is 6. The summed E-state index contributed by atoms with van der Waals surface area (Å²) in [5.74, 6) is -1.97. The number of anilines is 2. The van der Waals surface area contributed by atoms with Crippen LogP contribution in [0.15, 0.2) is 60.7 Å². The zero-order chi connectivity index (χ0) is 35.6. The van der Waals surface area contributed by atoms with Crippen molar-refractivity contribution in [3.05, 3.63) is 117 Å². The Bertz CT molecular complexity index is 1960. The Balaban J connectivity index is 0.000000194. The summed E-state index contributed by atoms with van der Waals surface area (Å²) in [6, 6.07) is 19.1. The number of nitriles is 2. The Labute approximate surface area is 287 Å². The Morgan fingerprint density at radius 1 is 0.760 bits per heavy atom. The molecule has 4 N–H and O–H groups in total. The Morgan fingerprint density at radius 3 is 1.84 bits per heavy atom. The van der Waals surface area contributed by atoms with Gasteiger partial charge in [0.15, 0.2) is 0 Å². The van der Waals surface area contributed by atoms with E-state index in [1.54, 1.807) is 32.0 Å². The number of aromatic nitrogens is 2. The van der Waals surface area contributed by atoms with Crippen molar-refractivity contribution in [3.63, 3.8) is 0 Å². The lowest BCUT2D eigenvalue weighted by molar-refractivity contribution is 0.0255. The van der Waals surface area contributed by atoms with Gasteiger partial charge in [-0.25, -0.2) is 18.7 Å². The van der Waals surface area contributed by atoms with Crippen molar-refractivity contribution in [1.29, 1.82) is 10.5 Å². The molecule has 2 amide bonds. The molecule has 256 valence electrons. The Kier molecular flexibility index (Phi) is 11.9. The molecule has 50 heavy (non-hydrogen) atoms. The molecule has 2 aliphatic rings. The van der Waals surface area contributed by atoms with Gasteiger partial charge in [0.25, 0.3) is 11.8 Å². The van der Waals surface area contributed by atoms with E-state index >= 15 is 0 Å². The third-order valence-corrected chi connectivity index (χ3v) is 7.95. The van der Waals surface area contributed by atoms with E-state index in [4.69, 9.17) is 20.0 Å². The van der Waals surface area contributed by atoms with E-state index in [9.17, 15) is 18.4 Å². The molecule has 2 aromatic carbocycles. The average Bonchev–Trinajstić information content (AvgIpc) is 3.13. The summed E-state index contributed by atoms with van der Waals surface area (Å²) in [5, 5.41) is 29.3. The largest absolute Gasteiger partial charge is 0.371 e. The minimum absolute atomic E-state index is 0.0707. The summed E-state index contributed by atoms with van der Waals surface area (Å²) in [7, 11) is 0. The molecule has 0 saturated carbocycles. The Hall–Kier alpha value is -5.64. The number of nitrogens with one attached hydrogen (secondary N) is 4. The highest BCUT2D eigenvalue weighted by molar-refractivity contribution is 6.03. The second-order valence-electron chi connectivity index (χ2n) is 11.4. The van der Waals surface area contributed by atoms with Gasteiger partial charge in [0.1, 0.15) is 35.2 Å². The summed E-state index contributed by atoms with van der Waals surface area (Å²) in [4.78, 5) is 32.7. The molecule has 14 heteroatoms. The van der Waals surface area contributed by atoms with E-state index in [1.165, 1.54) is 42.5 Å². The standard InChI is InChI=1S/2C18H17FN4O2/c1-11-12(9-20)2-5-16(22-11)18(24)23-13-3-4-14(15(19)8-13)17-10-21-6-7-25-17;1-11-13(9-20)3-5-16(22-11)18(24)23-15-4-2-12(8-14(15)19)17-10-21-6-7-25-17/h2*2-5,8,17,21H,6-7,10H2,1H3,(H,23,24)/t2*17-/m11/s1. The second-order valence-corrected chi connectivity index (χ2v) is 11.4. The van der Waals surface area contributed by atoms with Gasteiger partial charge in [-0.15, -0.1) is 0 Å². The van der Waals surface area contributed by atoms with Crippen LogP contribution >= 0.6 is 0 Å². The van der Waals surface area contributed by atoms with Crippen molar-refractivity contribution in [3.8, 4) is 12.1 Å². The maximum Gasteiger partial charge on any atom is 0.274 e. The predicted octanol–water partition coefficient (Wildman–Crippen LogP) is 4.63. The first-order valence-corrected chi connectivity index (χ1v) is 15.8. The van der Waals surface area contributed by atoms with Crippen LogP contribution in [0, 0.1) is 48.1 Å². The topological polar surface area (TPSA) is 174 Å². The van der Waals surface area contributed by atoms with Crippen LogP contribution in [0.3, 0.4) is 0 Å². The van der Waals surface area contributed by atoms with Gasteiger partial charge in [-0.3, -0.25) is 9.59 Å². The van der Waals surface area contributed by atoms with Crippen LogP contribution in [-0.2, 0) is 9.47 Å². The summed E-state index contributed by atoms with van der Waals surface area (Å²) >= 11 is 0. The van der Waals surface area contributed by atoms with Crippen molar-refractivity contribution in [2.45, 2.75) is 26.1 Å². The molecule has 4 heterocycles. The molecule has 0 aliphatic carbocycles. The minimum atomic E-state index is -0.537. The fraction of sp³-hybridized carbons (Fsp3) is 0.278. The van der Waals surface area contributed by atoms with Crippen molar-refractivity contribution in [2.75, 3.05) is 50.0 Å². The van der Waals surface area contributed by atoms with Crippen LogP contribution in [0.5, 0.6) is 0 Å². The van der Waals surface area contributed by atoms with Gasteiger partial charge < -0.3 is 30.7 Å². The molecule has 0 radical (unpaired) electrons. The van der Waals surface area contributed by atoms with Crippen LogP contribution < -0.4 is 21.3 Å². The molecular weight excluding hydrogens is 646 g/mol. The van der Waals surface area contributed by atoms with E-state index in [-0.39, 0.29) is 29.3 Å². The van der Waals surface area contributed by atoms with E-state index in [0.29, 0.717) is 60.1 Å². The zero-order valence-corrected chi connectivity index (χ0v) is 27.3. The quantitative estimate of drug-likeness (QED) is 0.225. The highest BCUT2D eigenvalue weighted by Gasteiger charge is 2.21. The molecule has 0 unspecified atom stereocenters. The molecule has 2 fully saturated rings. The number of pyridine rings is 2. The van der Waals surface area contributed by atoms with Crippen LogP contribution in [0.2, 0.25) is 0 Å². The number of halogens is 2. The summed E-state index contributed by atoms with van der Waals surface area (Å²) in [6.07, 6.45) is -0.530. The minimum Gasteiger partial charge on any atom is -0.371 e. The highest BCUT2D eigenvalue weighted by Crippen LogP contribution is 2.26. The number of ether oxygens (including phenoxy) is 2. The summed E-state index contributed by atoms with van der Waals surface area (Å²) in [6.45, 7) is 7.12. The van der Waals surface area contributed by atoms with Crippen LogP contribution in [0.1, 0.15) is 66.8 Å². The van der Waals surface area contributed by atoms with E-state index < -0.39 is 23.4 Å². The van der Waals surface area contributed by atoms with E-state index in [1.807, 2.05) is 12.1 Å². The number of benzene rings is 2. The molecule has 2 aromatic heterocycles. The van der Waals surface area contributed by atoms with Crippen molar-refractivity contribution >= 4 is 23.2 Å². The molecule has 2 aliphatic heterocycles. The summed E-state index contributed by atoms with van der Waals surface area (Å²) < 4.78 is 39.8. The first-order chi connectivity index (χ1) is 24.2. The molecular formula is C36H34F2N8O4. The number of aryl methyl sites for hydroxylation is 2. The third-order valence-electron chi connectivity index (χ3n) is 7.95. The molecule has 0 bridgehead atoms. The van der Waals surface area contributed by atoms with Gasteiger partial charge in [0, 0.05) is 37.4 Å². The monoisotopic (exact) mass is 680 g/mol. The number of carbonyl (C=O) groups excluding carboxylic acids is 2. The molecule has 12 nitrogen and oxygen atoms in total. The van der Waals surface area contributed by atoms with Gasteiger partial charge in [0.05, 0.1) is 53.6 Å². The van der Waals surface area contributed by atoms with Gasteiger partial charge in [0.2, 0.25) is 0 Å². The zero-order valence-electron chi connectivity index (χ0n) is 27.3. The number of amides is 2. The van der Waals surface area contributed by atoms with Crippen LogP contribution in [-0.4, -0.2) is 61.2 Å². The van der Waals surface area contributed by atoms with Gasteiger partial charge in [-0.2, -0.15) is 10.5 Å². The van der Waals surface area contributed by atoms with Gasteiger partial charge in [-0.05, 0) is 67.9 Å². The van der Waals surface area contributed by atoms with Crippen molar-refractivity contribution < 1.29 is 27.8 Å². The third kappa shape index (κ3) is 8.87. The number of carbonyl (C=O) groups is 2. The summed E-state index contributed by atoms with van der Waals surface area (Å²) in [5.41, 5.74) is 3.60. The number of morpholine rings is 2.